The summed E-state index contributed by atoms with van der Waals surface area (Å²) in [7, 11) is 0. The predicted molar refractivity (Wildman–Crippen MR) is 64.9 cm³/mol. The molecule has 4 nitrogen and oxygen atoms in total. The van der Waals surface area contributed by atoms with Gasteiger partial charge < -0.3 is 9.84 Å². The number of para-hydroxylation sites is 1. The molecule has 0 aliphatic rings. The van der Waals surface area contributed by atoms with Crippen LogP contribution in [-0.2, 0) is 9.59 Å². The molecule has 0 saturated carbocycles. The van der Waals surface area contributed by atoms with Crippen molar-refractivity contribution in [2.24, 2.45) is 0 Å². The summed E-state index contributed by atoms with van der Waals surface area (Å²) in [6, 6.07) is 4.50. The van der Waals surface area contributed by atoms with Gasteiger partial charge in [0.05, 0.1) is 0 Å². The highest BCUT2D eigenvalue weighted by Crippen LogP contribution is 2.21. The van der Waals surface area contributed by atoms with E-state index in [1.807, 2.05) is 0 Å². The van der Waals surface area contributed by atoms with E-state index in [4.69, 9.17) is 5.11 Å². The molecule has 1 aromatic rings. The molecule has 0 unspecified atom stereocenters. The summed E-state index contributed by atoms with van der Waals surface area (Å²) in [4.78, 5) is 20.1. The summed E-state index contributed by atoms with van der Waals surface area (Å²) < 4.78 is 17.6. The molecule has 1 N–H and O–H groups in total. The zero-order chi connectivity index (χ0) is 14.3. The Morgan fingerprint density at radius 3 is 2.17 bits per heavy atom. The van der Waals surface area contributed by atoms with Gasteiger partial charge in [-0.05, 0) is 25.5 Å². The second-order valence-electron chi connectivity index (χ2n) is 3.56. The first-order chi connectivity index (χ1) is 8.25. The Morgan fingerprint density at radius 2 is 1.83 bits per heavy atom. The molecule has 0 aliphatic heterocycles. The molecule has 0 aliphatic carbocycles. The number of carboxylic acids is 1. The van der Waals surface area contributed by atoms with Crippen LogP contribution in [-0.4, -0.2) is 17.0 Å². The number of rotatable bonds is 2. The van der Waals surface area contributed by atoms with Crippen molar-refractivity contribution in [3.8, 4) is 5.75 Å². The third kappa shape index (κ3) is 5.79. The molecule has 1 rings (SSSR count). The van der Waals surface area contributed by atoms with Crippen LogP contribution in [0.1, 0.15) is 19.4 Å². The van der Waals surface area contributed by atoms with Gasteiger partial charge in [-0.25, -0.2) is 9.18 Å². The average Bonchev–Trinajstić information content (AvgIpc) is 2.24. The van der Waals surface area contributed by atoms with Crippen molar-refractivity contribution >= 4 is 11.9 Å². The van der Waals surface area contributed by atoms with Crippen LogP contribution in [0.4, 0.5) is 4.39 Å². The second kappa shape index (κ2) is 7.21. The SMILES string of the molecule is C=C(C)C(=O)O.CC(=O)Oc1c(C)cccc1F. The Labute approximate surface area is 105 Å². The van der Waals surface area contributed by atoms with Crippen LogP contribution in [0.5, 0.6) is 5.75 Å². The summed E-state index contributed by atoms with van der Waals surface area (Å²) in [6.07, 6.45) is 0. The molecule has 0 bridgehead atoms. The second-order valence-corrected chi connectivity index (χ2v) is 3.56. The van der Waals surface area contributed by atoms with Crippen LogP contribution in [0.3, 0.4) is 0 Å². The minimum absolute atomic E-state index is 0.0185. The molecule has 0 spiro atoms. The van der Waals surface area contributed by atoms with Crippen LogP contribution in [0, 0.1) is 12.7 Å². The molecule has 0 radical (unpaired) electrons. The van der Waals surface area contributed by atoms with E-state index >= 15 is 0 Å². The molecule has 0 aromatic heterocycles. The third-order valence-corrected chi connectivity index (χ3v) is 1.77. The predicted octanol–water partition coefficient (Wildman–Crippen LogP) is 2.71. The van der Waals surface area contributed by atoms with E-state index < -0.39 is 17.8 Å². The standard InChI is InChI=1S/C9H9FO2.C4H6O2/c1-6-4-3-5-8(10)9(6)12-7(2)11;1-3(2)4(5)6/h3-5H,1-2H3;1H2,2H3,(H,5,6). The highest BCUT2D eigenvalue weighted by atomic mass is 19.1. The van der Waals surface area contributed by atoms with Gasteiger partial charge in [0.1, 0.15) is 0 Å². The molecule has 5 heteroatoms. The van der Waals surface area contributed by atoms with E-state index in [0.717, 1.165) is 0 Å². The third-order valence-electron chi connectivity index (χ3n) is 1.77. The van der Waals surface area contributed by atoms with Gasteiger partial charge in [0.25, 0.3) is 0 Å². The maximum absolute atomic E-state index is 12.9. The Bertz CT molecular complexity index is 434. The zero-order valence-electron chi connectivity index (χ0n) is 10.5. The lowest BCUT2D eigenvalue weighted by atomic mass is 10.2. The molecular weight excluding hydrogens is 239 g/mol. The van der Waals surface area contributed by atoms with Crippen molar-refractivity contribution in [3.63, 3.8) is 0 Å². The van der Waals surface area contributed by atoms with Crippen LogP contribution in [0.25, 0.3) is 0 Å². The van der Waals surface area contributed by atoms with E-state index in [2.05, 4.69) is 11.3 Å². The van der Waals surface area contributed by atoms with Crippen molar-refractivity contribution < 1.29 is 23.8 Å². The minimum atomic E-state index is -0.935. The van der Waals surface area contributed by atoms with Crippen molar-refractivity contribution in [2.75, 3.05) is 0 Å². The first kappa shape index (κ1) is 15.8. The minimum Gasteiger partial charge on any atom is -0.478 e. The van der Waals surface area contributed by atoms with E-state index in [1.165, 1.54) is 19.9 Å². The zero-order valence-corrected chi connectivity index (χ0v) is 10.5. The summed E-state index contributed by atoms with van der Waals surface area (Å²) in [5.41, 5.74) is 0.792. The fourth-order valence-corrected chi connectivity index (χ4v) is 0.890. The molecule has 0 heterocycles. The number of aliphatic carboxylic acids is 1. The fraction of sp³-hybridized carbons (Fsp3) is 0.231. The topological polar surface area (TPSA) is 63.6 Å². The Kier molecular flexibility index (Phi) is 6.34. The van der Waals surface area contributed by atoms with Gasteiger partial charge in [-0.1, -0.05) is 18.7 Å². The number of hydrogen-bond acceptors (Lipinski definition) is 3. The Hall–Kier alpha value is -2.17. The van der Waals surface area contributed by atoms with E-state index in [9.17, 15) is 14.0 Å². The molecule has 98 valence electrons. The monoisotopic (exact) mass is 254 g/mol. The average molecular weight is 254 g/mol. The number of carbonyl (C=O) groups is 2. The molecule has 0 atom stereocenters. The van der Waals surface area contributed by atoms with Crippen molar-refractivity contribution in [3.05, 3.63) is 41.7 Å². The van der Waals surface area contributed by atoms with Gasteiger partial charge >= 0.3 is 11.9 Å². The Morgan fingerprint density at radius 1 is 1.33 bits per heavy atom. The smallest absolute Gasteiger partial charge is 0.330 e. The van der Waals surface area contributed by atoms with E-state index in [1.54, 1.807) is 19.1 Å². The summed E-state index contributed by atoms with van der Waals surface area (Å²) >= 11 is 0. The van der Waals surface area contributed by atoms with Crippen molar-refractivity contribution in [2.45, 2.75) is 20.8 Å². The maximum Gasteiger partial charge on any atom is 0.330 e. The number of carboxylic acid groups (broad SMARTS) is 1. The van der Waals surface area contributed by atoms with Crippen LogP contribution in [0.2, 0.25) is 0 Å². The number of halogens is 1. The number of ether oxygens (including phenoxy) is 1. The molecule has 0 saturated heterocycles. The first-order valence-corrected chi connectivity index (χ1v) is 5.08. The number of carbonyl (C=O) groups excluding carboxylic acids is 1. The molecule has 18 heavy (non-hydrogen) atoms. The summed E-state index contributed by atoms with van der Waals surface area (Å²) in [6.45, 7) is 7.53. The molecule has 0 amide bonds. The van der Waals surface area contributed by atoms with Gasteiger partial charge in [0.15, 0.2) is 11.6 Å². The van der Waals surface area contributed by atoms with Crippen LogP contribution < -0.4 is 4.74 Å². The molecule has 0 fully saturated rings. The van der Waals surface area contributed by atoms with E-state index in [-0.39, 0.29) is 11.3 Å². The van der Waals surface area contributed by atoms with Gasteiger partial charge in [-0.3, -0.25) is 4.79 Å². The highest BCUT2D eigenvalue weighted by molar-refractivity contribution is 5.84. The highest BCUT2D eigenvalue weighted by Gasteiger charge is 2.07. The normalized spacial score (nSPS) is 8.89. The maximum atomic E-state index is 12.9. The quantitative estimate of drug-likeness (QED) is 0.500. The summed E-state index contributed by atoms with van der Waals surface area (Å²) in [5.74, 6) is -1.94. The van der Waals surface area contributed by atoms with Gasteiger partial charge in [0, 0.05) is 12.5 Å². The van der Waals surface area contributed by atoms with Gasteiger partial charge in [-0.2, -0.15) is 0 Å². The molecular formula is C13H15FO4. The largest absolute Gasteiger partial charge is 0.478 e. The lowest BCUT2D eigenvalue weighted by Crippen LogP contribution is -2.04. The molecule has 1 aromatic carbocycles. The lowest BCUT2D eigenvalue weighted by molar-refractivity contribution is -0.133. The van der Waals surface area contributed by atoms with Crippen LogP contribution in [0.15, 0.2) is 30.4 Å². The number of esters is 1. The first-order valence-electron chi connectivity index (χ1n) is 5.08. The Balaban J connectivity index is 0.000000411. The van der Waals surface area contributed by atoms with Crippen molar-refractivity contribution in [1.29, 1.82) is 0 Å². The van der Waals surface area contributed by atoms with Crippen LogP contribution >= 0.6 is 0 Å². The van der Waals surface area contributed by atoms with E-state index in [0.29, 0.717) is 5.56 Å². The fourth-order valence-electron chi connectivity index (χ4n) is 0.890. The van der Waals surface area contributed by atoms with Crippen molar-refractivity contribution in [1.82, 2.24) is 0 Å². The number of benzene rings is 1. The van der Waals surface area contributed by atoms with Gasteiger partial charge in [0.2, 0.25) is 0 Å². The number of hydrogen-bond donors (Lipinski definition) is 1. The summed E-state index contributed by atoms with van der Waals surface area (Å²) in [5, 5.41) is 7.89. The van der Waals surface area contributed by atoms with Gasteiger partial charge in [-0.15, -0.1) is 0 Å². The number of aryl methyl sites for hydroxylation is 1. The lowest BCUT2D eigenvalue weighted by Gasteiger charge is -2.04.